The minimum absolute atomic E-state index is 0.00667. The van der Waals surface area contributed by atoms with E-state index in [9.17, 15) is 9.90 Å². The zero-order chi connectivity index (χ0) is 25.9. The van der Waals surface area contributed by atoms with E-state index >= 15 is 0 Å². The van der Waals surface area contributed by atoms with Gasteiger partial charge in [-0.25, -0.2) is 4.79 Å². The summed E-state index contributed by atoms with van der Waals surface area (Å²) in [4.78, 5) is 16.8. The van der Waals surface area contributed by atoms with Crippen molar-refractivity contribution in [1.82, 2.24) is 4.98 Å². The summed E-state index contributed by atoms with van der Waals surface area (Å²) >= 11 is 6.19. The predicted molar refractivity (Wildman–Crippen MR) is 147 cm³/mol. The Hall–Kier alpha value is -3.05. The van der Waals surface area contributed by atoms with Gasteiger partial charge < -0.3 is 15.2 Å². The van der Waals surface area contributed by atoms with Crippen LogP contribution >= 0.6 is 11.6 Å². The lowest BCUT2D eigenvalue weighted by Gasteiger charge is -2.47. The molecule has 2 aliphatic carbocycles. The fourth-order valence-electron chi connectivity index (χ4n) is 6.61. The number of carboxylic acid groups (broad SMARTS) is 1. The highest BCUT2D eigenvalue weighted by Gasteiger charge is 2.54. The molecule has 2 N–H and O–H groups in total. The topological polar surface area (TPSA) is 71.5 Å². The van der Waals surface area contributed by atoms with Gasteiger partial charge in [-0.15, -0.1) is 0 Å². The third-order valence-electron chi connectivity index (χ3n) is 8.73. The number of hydrogen-bond donors (Lipinski definition) is 2. The van der Waals surface area contributed by atoms with Crippen molar-refractivity contribution >= 4 is 23.3 Å². The summed E-state index contributed by atoms with van der Waals surface area (Å²) in [5.74, 6) is 0.903. The summed E-state index contributed by atoms with van der Waals surface area (Å²) in [5.41, 5.74) is 2.59. The van der Waals surface area contributed by atoms with E-state index in [1.54, 1.807) is 24.5 Å². The number of carboxylic acids is 1. The summed E-state index contributed by atoms with van der Waals surface area (Å²) in [5, 5.41) is 14.3. The average Bonchev–Trinajstić information content (AvgIpc) is 3.21. The molecular formula is C31H35ClN2O3. The van der Waals surface area contributed by atoms with Gasteiger partial charge in [0.1, 0.15) is 11.3 Å². The number of halogens is 1. The molecule has 0 amide bonds. The van der Waals surface area contributed by atoms with E-state index in [0.717, 1.165) is 43.5 Å². The van der Waals surface area contributed by atoms with Crippen molar-refractivity contribution in [3.63, 3.8) is 0 Å². The maximum absolute atomic E-state index is 12.6. The van der Waals surface area contributed by atoms with Crippen LogP contribution in [0.2, 0.25) is 5.02 Å². The standard InChI is InChI=1S/C31H35ClN2O3/c1-2-22(21-37-27-10-6-16-33-20-27)17-24-18-23-7-3-4-11-28(23)30(24)12-14-31(15-13-30,29(35)36)34-26-9-5-8-25(32)19-26/h3-11,16,19-20,22,24,34H,2,12-15,17-18,21H2,1H3,(H,35,36)/t22-,24-,30?,31?/m0/s1. The Morgan fingerprint density at radius 2 is 1.95 bits per heavy atom. The van der Waals surface area contributed by atoms with Crippen molar-refractivity contribution in [3.8, 4) is 5.75 Å². The fourth-order valence-corrected chi connectivity index (χ4v) is 6.80. The van der Waals surface area contributed by atoms with Crippen LogP contribution in [0.4, 0.5) is 5.69 Å². The van der Waals surface area contributed by atoms with Crippen LogP contribution in [0.3, 0.4) is 0 Å². The van der Waals surface area contributed by atoms with Crippen LogP contribution in [0, 0.1) is 11.8 Å². The number of hydrogen-bond acceptors (Lipinski definition) is 4. The van der Waals surface area contributed by atoms with Crippen molar-refractivity contribution in [1.29, 1.82) is 0 Å². The van der Waals surface area contributed by atoms with Gasteiger partial charge in [0.2, 0.25) is 0 Å². The molecule has 0 saturated heterocycles. The summed E-state index contributed by atoms with van der Waals surface area (Å²) in [6.45, 7) is 2.90. The van der Waals surface area contributed by atoms with E-state index < -0.39 is 11.5 Å². The van der Waals surface area contributed by atoms with Crippen LogP contribution in [0.1, 0.15) is 56.6 Å². The van der Waals surface area contributed by atoms with E-state index in [4.69, 9.17) is 16.3 Å². The zero-order valence-electron chi connectivity index (χ0n) is 21.3. The number of nitrogens with zero attached hydrogens (tertiary/aromatic N) is 1. The summed E-state index contributed by atoms with van der Waals surface area (Å²) in [6.07, 6.45) is 9.49. The summed E-state index contributed by atoms with van der Waals surface area (Å²) in [6, 6.07) is 20.0. The summed E-state index contributed by atoms with van der Waals surface area (Å²) < 4.78 is 6.10. The molecule has 37 heavy (non-hydrogen) atoms. The minimum Gasteiger partial charge on any atom is -0.492 e. The normalized spacial score (nSPS) is 25.4. The molecule has 2 aromatic carbocycles. The highest BCUT2D eigenvalue weighted by Crippen LogP contribution is 2.56. The second-order valence-electron chi connectivity index (χ2n) is 10.7. The van der Waals surface area contributed by atoms with E-state index in [-0.39, 0.29) is 5.41 Å². The molecule has 5 rings (SSSR count). The Labute approximate surface area is 224 Å². The SMILES string of the molecule is CC[C@H](COc1cccnc1)C[C@H]1Cc2ccccc2C12CCC(Nc1cccc(Cl)c1)(C(=O)O)CC2. The van der Waals surface area contributed by atoms with E-state index in [1.165, 1.54) is 11.1 Å². The first kappa shape index (κ1) is 25.6. The minimum atomic E-state index is -0.994. The molecule has 1 fully saturated rings. The van der Waals surface area contributed by atoms with Gasteiger partial charge in [-0.05, 0) is 97.2 Å². The highest BCUT2D eigenvalue weighted by molar-refractivity contribution is 6.30. The summed E-state index contributed by atoms with van der Waals surface area (Å²) in [7, 11) is 0. The van der Waals surface area contributed by atoms with Gasteiger partial charge in [-0.2, -0.15) is 0 Å². The second kappa shape index (κ2) is 10.7. The van der Waals surface area contributed by atoms with Crippen LogP contribution in [-0.4, -0.2) is 28.2 Å². The molecule has 3 aromatic rings. The Morgan fingerprint density at radius 3 is 2.65 bits per heavy atom. The number of nitrogens with one attached hydrogen (secondary N) is 1. The predicted octanol–water partition coefficient (Wildman–Crippen LogP) is 7.15. The number of benzene rings is 2. The maximum atomic E-state index is 12.6. The first-order valence-corrected chi connectivity index (χ1v) is 13.7. The average molecular weight is 519 g/mol. The molecule has 194 valence electrons. The molecule has 2 atom stereocenters. The van der Waals surface area contributed by atoms with Crippen molar-refractivity contribution in [2.45, 2.75) is 62.8 Å². The Bertz CT molecular complexity index is 1220. The van der Waals surface area contributed by atoms with Gasteiger partial charge in [0.15, 0.2) is 0 Å². The molecule has 0 radical (unpaired) electrons. The monoisotopic (exact) mass is 518 g/mol. The van der Waals surface area contributed by atoms with E-state index in [0.29, 0.717) is 36.3 Å². The number of aromatic nitrogens is 1. The number of pyridine rings is 1. The zero-order valence-corrected chi connectivity index (χ0v) is 22.1. The lowest BCUT2D eigenvalue weighted by atomic mass is 9.59. The third kappa shape index (κ3) is 5.19. The number of carbonyl (C=O) groups is 1. The van der Waals surface area contributed by atoms with Crippen molar-refractivity contribution < 1.29 is 14.6 Å². The van der Waals surface area contributed by atoms with Gasteiger partial charge in [-0.3, -0.25) is 4.98 Å². The number of rotatable bonds is 9. The largest absolute Gasteiger partial charge is 0.492 e. The molecular weight excluding hydrogens is 484 g/mol. The van der Waals surface area contributed by atoms with Crippen LogP contribution in [0.5, 0.6) is 5.75 Å². The molecule has 0 bridgehead atoms. The molecule has 6 heteroatoms. The molecule has 0 aliphatic heterocycles. The smallest absolute Gasteiger partial charge is 0.329 e. The number of fused-ring (bicyclic) bond motifs is 2. The molecule has 1 aromatic heterocycles. The van der Waals surface area contributed by atoms with Crippen molar-refractivity contribution in [2.24, 2.45) is 11.8 Å². The quantitative estimate of drug-likeness (QED) is 0.314. The molecule has 5 nitrogen and oxygen atoms in total. The lowest BCUT2D eigenvalue weighted by Crippen LogP contribution is -2.53. The van der Waals surface area contributed by atoms with Crippen molar-refractivity contribution in [3.05, 3.63) is 89.2 Å². The third-order valence-corrected chi connectivity index (χ3v) is 8.97. The van der Waals surface area contributed by atoms with E-state index in [2.05, 4.69) is 41.5 Å². The Balaban J connectivity index is 1.36. The van der Waals surface area contributed by atoms with Gasteiger partial charge in [0, 0.05) is 16.9 Å². The highest BCUT2D eigenvalue weighted by atomic mass is 35.5. The second-order valence-corrected chi connectivity index (χ2v) is 11.2. The van der Waals surface area contributed by atoms with Crippen LogP contribution in [-0.2, 0) is 16.6 Å². The lowest BCUT2D eigenvalue weighted by molar-refractivity contribution is -0.144. The Kier molecular flexibility index (Phi) is 7.43. The number of anilines is 1. The van der Waals surface area contributed by atoms with Gasteiger partial charge >= 0.3 is 5.97 Å². The molecule has 1 spiro atoms. The molecule has 0 unspecified atom stereocenters. The molecule has 1 saturated carbocycles. The maximum Gasteiger partial charge on any atom is 0.329 e. The van der Waals surface area contributed by atoms with E-state index in [1.807, 2.05) is 24.3 Å². The Morgan fingerprint density at radius 1 is 1.14 bits per heavy atom. The van der Waals surface area contributed by atoms with Crippen molar-refractivity contribution in [2.75, 3.05) is 11.9 Å². The molecule has 2 aliphatic rings. The van der Waals surface area contributed by atoms with Gasteiger partial charge in [-0.1, -0.05) is 55.3 Å². The molecule has 1 heterocycles. The van der Waals surface area contributed by atoms with Crippen LogP contribution in [0.15, 0.2) is 73.1 Å². The van der Waals surface area contributed by atoms with Crippen LogP contribution < -0.4 is 10.1 Å². The number of aliphatic carboxylic acids is 1. The first-order valence-electron chi connectivity index (χ1n) is 13.3. The first-order chi connectivity index (χ1) is 17.9. The van der Waals surface area contributed by atoms with Gasteiger partial charge in [0.25, 0.3) is 0 Å². The van der Waals surface area contributed by atoms with Crippen LogP contribution in [0.25, 0.3) is 0 Å². The fraction of sp³-hybridized carbons (Fsp3) is 0.419. The number of ether oxygens (including phenoxy) is 1. The van der Waals surface area contributed by atoms with Gasteiger partial charge in [0.05, 0.1) is 12.8 Å².